The Morgan fingerprint density at radius 2 is 1.54 bits per heavy atom. The predicted molar refractivity (Wildman–Crippen MR) is 154 cm³/mol. The van der Waals surface area contributed by atoms with Crippen LogP contribution in [-0.2, 0) is 4.79 Å². The van der Waals surface area contributed by atoms with Gasteiger partial charge in [-0.15, -0.1) is 0 Å². The Balaban J connectivity index is 1.20. The maximum atomic E-state index is 13.3. The molecule has 2 fully saturated rings. The molecule has 9 heteroatoms. The molecule has 2 N–H and O–H groups in total. The van der Waals surface area contributed by atoms with E-state index in [0.717, 1.165) is 47.0 Å². The van der Waals surface area contributed by atoms with E-state index in [-0.39, 0.29) is 35.3 Å². The topological polar surface area (TPSA) is 115 Å². The van der Waals surface area contributed by atoms with E-state index in [1.807, 2.05) is 58.3 Å². The first kappa shape index (κ1) is 25.2. The molecule has 0 radical (unpaired) electrons. The summed E-state index contributed by atoms with van der Waals surface area (Å²) in [4.78, 5) is 53.3. The minimum atomic E-state index is -0.271. The smallest absolute Gasteiger partial charge is 0.272 e. The zero-order chi connectivity index (χ0) is 28.1. The van der Waals surface area contributed by atoms with E-state index in [9.17, 15) is 19.2 Å². The highest BCUT2D eigenvalue weighted by atomic mass is 16.2. The minimum absolute atomic E-state index is 0.0484. The molecule has 3 aliphatic rings. The lowest BCUT2D eigenvalue weighted by Crippen LogP contribution is -2.51. The molecule has 1 aromatic heterocycles. The van der Waals surface area contributed by atoms with Crippen LogP contribution in [0.1, 0.15) is 62.3 Å². The van der Waals surface area contributed by atoms with Crippen LogP contribution in [0.5, 0.6) is 0 Å². The maximum absolute atomic E-state index is 13.3. The van der Waals surface area contributed by atoms with Crippen LogP contribution in [0.3, 0.4) is 0 Å². The van der Waals surface area contributed by atoms with Gasteiger partial charge in [0.2, 0.25) is 5.91 Å². The normalized spacial score (nSPS) is 20.0. The Labute approximate surface area is 236 Å². The Morgan fingerprint density at radius 1 is 0.854 bits per heavy atom. The van der Waals surface area contributed by atoms with E-state index in [4.69, 9.17) is 0 Å². The average molecular weight is 548 g/mol. The van der Waals surface area contributed by atoms with Crippen molar-refractivity contribution in [1.82, 2.24) is 20.0 Å². The van der Waals surface area contributed by atoms with E-state index in [2.05, 4.69) is 15.5 Å². The van der Waals surface area contributed by atoms with Gasteiger partial charge < -0.3 is 15.1 Å². The van der Waals surface area contributed by atoms with Gasteiger partial charge in [0.25, 0.3) is 11.5 Å². The summed E-state index contributed by atoms with van der Waals surface area (Å²) in [7, 11) is 0. The number of aromatic nitrogens is 2. The molecule has 4 aromatic rings. The molecule has 0 spiro atoms. The third kappa shape index (κ3) is 4.47. The van der Waals surface area contributed by atoms with Crippen molar-refractivity contribution in [2.24, 2.45) is 5.92 Å². The van der Waals surface area contributed by atoms with Crippen LogP contribution in [0, 0.1) is 5.92 Å². The summed E-state index contributed by atoms with van der Waals surface area (Å²) in [5.41, 5.74) is 4.40. The standard InChI is InChI=1S/C32H29N5O4/c38-18-19-4-6-21(7-5-19)28-26(29-27-24(30(39)35-34-29)2-1-3-25(27)33-28)20-8-10-22(11-9-20)31(40)36-14-16-37(17-15-36)32(41)23-12-13-23/h1-11,18,23,26,28,33H,12-17H2,(H,35,39). The van der Waals surface area contributed by atoms with Crippen molar-refractivity contribution in [3.8, 4) is 0 Å². The number of carbonyl (C=O) groups is 3. The molecule has 2 unspecified atom stereocenters. The summed E-state index contributed by atoms with van der Waals surface area (Å²) in [5, 5.41) is 12.2. The SMILES string of the molecule is O=Cc1ccc(C2Nc3cccc4c(=O)[nH]nc(c34)C2c2ccc(C(=O)N3CCN(C(=O)C4CC4)CC3)cc2)cc1. The molecule has 1 aliphatic carbocycles. The molecule has 206 valence electrons. The van der Waals surface area contributed by atoms with Gasteiger partial charge in [0.05, 0.1) is 23.0 Å². The zero-order valence-corrected chi connectivity index (χ0v) is 22.4. The number of nitrogens with zero attached hydrogens (tertiary/aromatic N) is 3. The van der Waals surface area contributed by atoms with E-state index >= 15 is 0 Å². The number of aromatic amines is 1. The van der Waals surface area contributed by atoms with E-state index in [1.54, 1.807) is 18.2 Å². The number of aldehydes is 1. The number of hydrogen-bond donors (Lipinski definition) is 2. The van der Waals surface area contributed by atoms with Crippen molar-refractivity contribution < 1.29 is 14.4 Å². The summed E-state index contributed by atoms with van der Waals surface area (Å²) in [6.07, 6.45) is 2.79. The lowest BCUT2D eigenvalue weighted by atomic mass is 9.79. The second-order valence-corrected chi connectivity index (χ2v) is 11.1. The number of carbonyl (C=O) groups excluding carboxylic acids is 3. The first-order chi connectivity index (χ1) is 20.0. The minimum Gasteiger partial charge on any atom is -0.377 e. The van der Waals surface area contributed by atoms with Gasteiger partial charge in [-0.25, -0.2) is 5.10 Å². The fourth-order valence-electron chi connectivity index (χ4n) is 6.14. The van der Waals surface area contributed by atoms with Gasteiger partial charge in [-0.1, -0.05) is 42.5 Å². The quantitative estimate of drug-likeness (QED) is 0.368. The van der Waals surface area contributed by atoms with Gasteiger partial charge in [-0.05, 0) is 48.2 Å². The number of anilines is 1. The molecule has 9 nitrogen and oxygen atoms in total. The van der Waals surface area contributed by atoms with Crippen molar-refractivity contribution in [2.45, 2.75) is 24.8 Å². The van der Waals surface area contributed by atoms with E-state index in [1.165, 1.54) is 0 Å². The third-order valence-corrected chi connectivity index (χ3v) is 8.54. The predicted octanol–water partition coefficient (Wildman–Crippen LogP) is 3.73. The van der Waals surface area contributed by atoms with Crippen molar-refractivity contribution in [3.63, 3.8) is 0 Å². The van der Waals surface area contributed by atoms with E-state index in [0.29, 0.717) is 42.7 Å². The summed E-state index contributed by atoms with van der Waals surface area (Å²) in [6.45, 7) is 2.20. The maximum Gasteiger partial charge on any atom is 0.272 e. The third-order valence-electron chi connectivity index (χ3n) is 8.54. The fourth-order valence-corrected chi connectivity index (χ4v) is 6.14. The lowest BCUT2D eigenvalue weighted by Gasteiger charge is -2.35. The van der Waals surface area contributed by atoms with Gasteiger partial charge in [0, 0.05) is 54.3 Å². The van der Waals surface area contributed by atoms with Crippen LogP contribution >= 0.6 is 0 Å². The highest BCUT2D eigenvalue weighted by Gasteiger charge is 2.36. The van der Waals surface area contributed by atoms with Crippen molar-refractivity contribution in [2.75, 3.05) is 31.5 Å². The van der Waals surface area contributed by atoms with Crippen molar-refractivity contribution in [1.29, 1.82) is 0 Å². The Bertz CT molecular complexity index is 1720. The first-order valence-electron chi connectivity index (χ1n) is 14.0. The largest absolute Gasteiger partial charge is 0.377 e. The molecule has 1 saturated heterocycles. The summed E-state index contributed by atoms with van der Waals surface area (Å²) in [6, 6.07) is 20.4. The number of nitrogens with one attached hydrogen (secondary N) is 2. The molecule has 2 atom stereocenters. The number of hydrogen-bond acceptors (Lipinski definition) is 6. The number of piperazine rings is 1. The molecule has 1 saturated carbocycles. The number of rotatable bonds is 5. The number of benzene rings is 3. The summed E-state index contributed by atoms with van der Waals surface area (Å²) < 4.78 is 0. The zero-order valence-electron chi connectivity index (χ0n) is 22.4. The molecule has 0 bridgehead atoms. The van der Waals surface area contributed by atoms with Crippen LogP contribution < -0.4 is 10.9 Å². The Morgan fingerprint density at radius 3 is 2.22 bits per heavy atom. The van der Waals surface area contributed by atoms with Gasteiger partial charge >= 0.3 is 0 Å². The Hall–Kier alpha value is -4.79. The van der Waals surface area contributed by atoms with E-state index < -0.39 is 0 Å². The molecule has 2 aliphatic heterocycles. The van der Waals surface area contributed by atoms with Gasteiger partial charge in [-0.2, -0.15) is 5.10 Å². The Kier molecular flexibility index (Phi) is 6.14. The van der Waals surface area contributed by atoms with Gasteiger partial charge in [-0.3, -0.25) is 19.2 Å². The summed E-state index contributed by atoms with van der Waals surface area (Å²) in [5.74, 6) is 0.0978. The van der Waals surface area contributed by atoms with Crippen LogP contribution in [0.15, 0.2) is 71.5 Å². The van der Waals surface area contributed by atoms with Crippen LogP contribution in [0.2, 0.25) is 0 Å². The fraction of sp³-hybridized carbons (Fsp3) is 0.281. The second kappa shape index (κ2) is 9.99. The molecule has 2 amide bonds. The van der Waals surface area contributed by atoms with Gasteiger partial charge in [0.1, 0.15) is 6.29 Å². The molecule has 7 rings (SSSR count). The van der Waals surface area contributed by atoms with Crippen LogP contribution in [0.25, 0.3) is 10.8 Å². The second-order valence-electron chi connectivity index (χ2n) is 11.1. The number of H-pyrrole nitrogens is 1. The first-order valence-corrected chi connectivity index (χ1v) is 14.0. The van der Waals surface area contributed by atoms with Gasteiger partial charge in [0.15, 0.2) is 0 Å². The van der Waals surface area contributed by atoms with Crippen molar-refractivity contribution >= 4 is 34.6 Å². The van der Waals surface area contributed by atoms with Crippen LogP contribution in [0.4, 0.5) is 5.69 Å². The highest BCUT2D eigenvalue weighted by molar-refractivity contribution is 5.97. The molecule has 3 heterocycles. The monoisotopic (exact) mass is 547 g/mol. The molecule has 41 heavy (non-hydrogen) atoms. The average Bonchev–Trinajstić information content (AvgIpc) is 3.88. The molecular formula is C32H29N5O4. The number of amides is 2. The van der Waals surface area contributed by atoms with Crippen molar-refractivity contribution in [3.05, 3.63) is 105 Å². The molecule has 3 aromatic carbocycles. The highest BCUT2D eigenvalue weighted by Crippen LogP contribution is 2.46. The molecular weight excluding hydrogens is 518 g/mol. The lowest BCUT2D eigenvalue weighted by molar-refractivity contribution is -0.134. The summed E-state index contributed by atoms with van der Waals surface area (Å²) >= 11 is 0. The van der Waals surface area contributed by atoms with Crippen LogP contribution in [-0.4, -0.2) is 64.3 Å².